The van der Waals surface area contributed by atoms with E-state index in [1.807, 2.05) is 0 Å². The van der Waals surface area contributed by atoms with Crippen molar-refractivity contribution < 1.29 is 79.3 Å². The number of thioether (sulfide) groups is 2. The number of carboxylic acids is 1. The minimum absolute atomic E-state index is 0. The molecular formula is C7H9Na2O4S3-. The average molecular weight is 299 g/mol. The summed E-state index contributed by atoms with van der Waals surface area (Å²) < 4.78 is 0.424. The van der Waals surface area contributed by atoms with Crippen molar-refractivity contribution >= 4 is 51.5 Å². The van der Waals surface area contributed by atoms with Gasteiger partial charge >= 0.3 is 59.1 Å². The zero-order valence-electron chi connectivity index (χ0n) is 9.55. The van der Waals surface area contributed by atoms with Crippen LogP contribution in [0.5, 0.6) is 0 Å². The normalized spacial score (nSPS) is 11.9. The molecule has 9 heteroatoms. The molecule has 0 bridgehead atoms. The summed E-state index contributed by atoms with van der Waals surface area (Å²) in [5.74, 6) is -1.16. The monoisotopic (exact) mass is 299 g/mol. The first-order chi connectivity index (χ1) is 5.97. The molecule has 2 atom stereocenters. The number of carboxylic acid groups (broad SMARTS) is 1. The molecule has 82 valence electrons. The standard InChI is InChI=1S/C7H9O3S3.2Na.H2O/c1-4(3-8)12-7(11)13-5(2)6(9)10;;;/h4-5H,1-2H3,(H,9,10);;;1H2/q-1;2*+1;/p-2. The number of rotatable bonds is 4. The van der Waals surface area contributed by atoms with Crippen molar-refractivity contribution in [2.24, 2.45) is 0 Å². The number of hydrogen-bond acceptors (Lipinski definition) is 7. The van der Waals surface area contributed by atoms with Gasteiger partial charge in [0, 0.05) is 5.25 Å². The first kappa shape index (κ1) is 26.5. The fourth-order valence-electron chi connectivity index (χ4n) is 0.389. The molecule has 0 aliphatic rings. The van der Waals surface area contributed by atoms with Crippen molar-refractivity contribution in [1.82, 2.24) is 0 Å². The van der Waals surface area contributed by atoms with Crippen LogP contribution in [0, 0.1) is 0 Å². The van der Waals surface area contributed by atoms with E-state index in [0.717, 1.165) is 23.5 Å². The van der Waals surface area contributed by atoms with Crippen LogP contribution in [0.15, 0.2) is 0 Å². The minimum Gasteiger partial charge on any atom is -0.870 e. The van der Waals surface area contributed by atoms with E-state index < -0.39 is 11.2 Å². The van der Waals surface area contributed by atoms with Gasteiger partial charge in [0.05, 0.1) is 5.97 Å². The van der Waals surface area contributed by atoms with Gasteiger partial charge in [-0.05, 0) is 6.92 Å². The molecule has 2 unspecified atom stereocenters. The average Bonchev–Trinajstić information content (AvgIpc) is 2.03. The smallest absolute Gasteiger partial charge is 0.870 e. The van der Waals surface area contributed by atoms with Gasteiger partial charge in [0.15, 0.2) is 0 Å². The third-order valence-corrected chi connectivity index (χ3v) is 3.58. The van der Waals surface area contributed by atoms with Crippen molar-refractivity contribution in [3.05, 3.63) is 0 Å². The fourth-order valence-corrected chi connectivity index (χ4v) is 3.06. The first-order valence-electron chi connectivity index (χ1n) is 3.43. The van der Waals surface area contributed by atoms with Crippen LogP contribution >= 0.6 is 35.7 Å². The summed E-state index contributed by atoms with van der Waals surface area (Å²) in [4.78, 5) is 20.4. The molecule has 0 spiro atoms. The molecule has 0 aromatic heterocycles. The van der Waals surface area contributed by atoms with Gasteiger partial charge in [-0.25, -0.2) is 0 Å². The second kappa shape index (κ2) is 14.9. The molecule has 0 rings (SSSR count). The molecule has 0 amide bonds. The Bertz CT molecular complexity index is 228. The summed E-state index contributed by atoms with van der Waals surface area (Å²) >= 11 is 6.98. The van der Waals surface area contributed by atoms with Gasteiger partial charge in [-0.15, -0.1) is 11.8 Å². The minimum atomic E-state index is -1.16. The first-order valence-corrected chi connectivity index (χ1v) is 5.60. The van der Waals surface area contributed by atoms with E-state index in [1.165, 1.54) is 6.92 Å². The van der Waals surface area contributed by atoms with E-state index >= 15 is 0 Å². The van der Waals surface area contributed by atoms with E-state index in [2.05, 4.69) is 0 Å². The Morgan fingerprint density at radius 3 is 2.06 bits per heavy atom. The fraction of sp³-hybridized carbons (Fsp3) is 0.571. The Morgan fingerprint density at radius 1 is 1.31 bits per heavy atom. The summed E-state index contributed by atoms with van der Waals surface area (Å²) in [6.07, 6.45) is 1.75. The van der Waals surface area contributed by atoms with Crippen LogP contribution in [0.1, 0.15) is 13.8 Å². The molecule has 0 aromatic rings. The predicted molar refractivity (Wildman–Crippen MR) is 59.3 cm³/mol. The molecule has 0 saturated carbocycles. The second-order valence-corrected chi connectivity index (χ2v) is 6.09. The van der Waals surface area contributed by atoms with Gasteiger partial charge in [0.2, 0.25) is 0 Å². The second-order valence-electron chi connectivity index (χ2n) is 2.21. The van der Waals surface area contributed by atoms with Crippen LogP contribution in [-0.4, -0.2) is 31.8 Å². The van der Waals surface area contributed by atoms with Crippen LogP contribution in [-0.2, 0) is 9.59 Å². The van der Waals surface area contributed by atoms with Crippen molar-refractivity contribution in [2.45, 2.75) is 24.3 Å². The summed E-state index contributed by atoms with van der Waals surface area (Å²) in [5.41, 5.74) is 0. The Morgan fingerprint density at radius 2 is 1.75 bits per heavy atom. The molecule has 0 aliphatic carbocycles. The number of aliphatic carboxylic acids is 1. The van der Waals surface area contributed by atoms with E-state index in [9.17, 15) is 14.7 Å². The zero-order valence-corrected chi connectivity index (χ0v) is 16.0. The molecule has 0 saturated heterocycles. The molecule has 4 nitrogen and oxygen atoms in total. The molecule has 1 N–H and O–H groups in total. The Labute approximate surface area is 153 Å². The van der Waals surface area contributed by atoms with Gasteiger partial charge in [-0.2, -0.15) is 0 Å². The molecule has 16 heavy (non-hydrogen) atoms. The number of thiocarbonyl (C=S) groups is 1. The summed E-state index contributed by atoms with van der Waals surface area (Å²) in [6.45, 7) is 3.14. The largest absolute Gasteiger partial charge is 1.00 e. The zero-order chi connectivity index (χ0) is 10.4. The molecular weight excluding hydrogens is 290 g/mol. The van der Waals surface area contributed by atoms with Crippen LogP contribution in [0.3, 0.4) is 0 Å². The van der Waals surface area contributed by atoms with Gasteiger partial charge in [-0.3, -0.25) is 6.29 Å². The maximum atomic E-state index is 10.3. The van der Waals surface area contributed by atoms with Gasteiger partial charge in [0.25, 0.3) is 0 Å². The summed E-state index contributed by atoms with van der Waals surface area (Å²) in [6, 6.07) is 0. The van der Waals surface area contributed by atoms with E-state index in [1.54, 1.807) is 13.2 Å². The number of carbonyl (C=O) groups is 1. The quantitative estimate of drug-likeness (QED) is 0.290. The maximum Gasteiger partial charge on any atom is 1.00 e. The Kier molecular flexibility index (Phi) is 24.7. The molecule has 0 radical (unpaired) electrons. The van der Waals surface area contributed by atoms with E-state index in [4.69, 9.17) is 12.2 Å². The summed E-state index contributed by atoms with van der Waals surface area (Å²) in [7, 11) is 0. The maximum absolute atomic E-state index is 10.3. The van der Waals surface area contributed by atoms with Crippen molar-refractivity contribution in [2.75, 3.05) is 0 Å². The van der Waals surface area contributed by atoms with Crippen LogP contribution in [0.4, 0.5) is 0 Å². The number of hydrogen-bond donors (Lipinski definition) is 0. The van der Waals surface area contributed by atoms with Crippen LogP contribution < -0.4 is 64.2 Å². The SMILES string of the molecule is CC([C-]=O)SC(=S)SC(C)C(=O)[O-].[Na+].[Na+].[OH-]. The number of carbonyl (C=O) groups excluding carboxylic acids is 2. The van der Waals surface area contributed by atoms with E-state index in [0.29, 0.717) is 3.53 Å². The third-order valence-electron chi connectivity index (χ3n) is 1.04. The van der Waals surface area contributed by atoms with Crippen LogP contribution in [0.25, 0.3) is 0 Å². The molecule has 0 heterocycles. The van der Waals surface area contributed by atoms with E-state index in [-0.39, 0.29) is 69.8 Å². The third kappa shape index (κ3) is 14.0. The predicted octanol–water partition coefficient (Wildman–Crippen LogP) is -5.79. The van der Waals surface area contributed by atoms with Crippen molar-refractivity contribution in [1.29, 1.82) is 0 Å². The topological polar surface area (TPSA) is 87.2 Å². The Balaban J connectivity index is -0.000000240. The molecule has 0 aromatic carbocycles. The van der Waals surface area contributed by atoms with Gasteiger partial charge in [0.1, 0.15) is 3.53 Å². The molecule has 0 fully saturated rings. The molecule has 0 aliphatic heterocycles. The van der Waals surface area contributed by atoms with Crippen molar-refractivity contribution in [3.63, 3.8) is 0 Å². The Hall–Kier alpha value is 1.89. The van der Waals surface area contributed by atoms with Crippen LogP contribution in [0.2, 0.25) is 0 Å². The van der Waals surface area contributed by atoms with Gasteiger partial charge in [-0.1, -0.05) is 36.2 Å². The van der Waals surface area contributed by atoms with Gasteiger partial charge < -0.3 is 20.2 Å². The summed E-state index contributed by atoms with van der Waals surface area (Å²) in [5, 5.41) is 9.28. The van der Waals surface area contributed by atoms with Crippen molar-refractivity contribution in [3.8, 4) is 0 Å².